The normalized spacial score (nSPS) is 12.4. The lowest BCUT2D eigenvalue weighted by molar-refractivity contribution is -0.120. The zero-order valence-electron chi connectivity index (χ0n) is 10.8. The van der Waals surface area contributed by atoms with Crippen molar-refractivity contribution < 1.29 is 4.79 Å². The third-order valence-corrected chi connectivity index (χ3v) is 3.46. The molecule has 0 aliphatic carbocycles. The van der Waals surface area contributed by atoms with Crippen LogP contribution in [0.15, 0.2) is 60.7 Å². The summed E-state index contributed by atoms with van der Waals surface area (Å²) in [5, 5.41) is 0. The minimum absolute atomic E-state index is 0.00481. The van der Waals surface area contributed by atoms with Gasteiger partial charge in [-0.15, -0.1) is 0 Å². The summed E-state index contributed by atoms with van der Waals surface area (Å²) in [6, 6.07) is 20.5. The van der Waals surface area contributed by atoms with Crippen LogP contribution in [0.1, 0.15) is 30.9 Å². The Morgan fingerprint density at radius 3 is 1.56 bits per heavy atom. The van der Waals surface area contributed by atoms with Gasteiger partial charge < -0.3 is 0 Å². The van der Waals surface area contributed by atoms with E-state index in [0.29, 0.717) is 0 Å². The molecule has 18 heavy (non-hydrogen) atoms. The molecule has 1 nitrogen and oxygen atoms in total. The lowest BCUT2D eigenvalue weighted by Crippen LogP contribution is -2.18. The first-order valence-electron chi connectivity index (χ1n) is 6.30. The SMILES string of the molecule is CC(=O)[C@@H](C)C(c1ccccc1)c1ccccc1. The number of rotatable bonds is 4. The zero-order chi connectivity index (χ0) is 13.0. The van der Waals surface area contributed by atoms with E-state index in [1.165, 1.54) is 11.1 Å². The average molecular weight is 238 g/mol. The molecule has 0 fully saturated rings. The maximum absolute atomic E-state index is 11.7. The number of carbonyl (C=O) groups excluding carboxylic acids is 1. The molecule has 0 bridgehead atoms. The van der Waals surface area contributed by atoms with Gasteiger partial charge >= 0.3 is 0 Å². The summed E-state index contributed by atoms with van der Waals surface area (Å²) in [6.07, 6.45) is 0. The molecule has 0 saturated heterocycles. The van der Waals surface area contributed by atoms with Gasteiger partial charge in [-0.05, 0) is 18.1 Å². The van der Waals surface area contributed by atoms with Crippen LogP contribution in [0.3, 0.4) is 0 Å². The third kappa shape index (κ3) is 2.67. The predicted molar refractivity (Wildman–Crippen MR) is 74.6 cm³/mol. The number of benzene rings is 2. The third-order valence-electron chi connectivity index (χ3n) is 3.46. The van der Waals surface area contributed by atoms with Gasteiger partial charge in [0.15, 0.2) is 0 Å². The summed E-state index contributed by atoms with van der Waals surface area (Å²) in [6.45, 7) is 3.68. The Labute approximate surface area is 108 Å². The Kier molecular flexibility index (Phi) is 3.93. The summed E-state index contributed by atoms with van der Waals surface area (Å²) >= 11 is 0. The topological polar surface area (TPSA) is 17.1 Å². The summed E-state index contributed by atoms with van der Waals surface area (Å²) < 4.78 is 0. The van der Waals surface area contributed by atoms with Crippen molar-refractivity contribution in [1.29, 1.82) is 0 Å². The van der Waals surface area contributed by atoms with Gasteiger partial charge in [0.1, 0.15) is 5.78 Å². The molecular formula is C17H18O. The predicted octanol–water partition coefficient (Wildman–Crippen LogP) is 4.04. The highest BCUT2D eigenvalue weighted by Gasteiger charge is 2.24. The Bertz CT molecular complexity index is 462. The molecule has 1 atom stereocenters. The van der Waals surface area contributed by atoms with E-state index in [9.17, 15) is 4.79 Å². The molecule has 0 spiro atoms. The number of Topliss-reactive ketones (excluding diaryl/α,β-unsaturated/α-hetero) is 1. The second-order valence-corrected chi connectivity index (χ2v) is 4.70. The molecule has 1 heteroatoms. The molecule has 0 amide bonds. The van der Waals surface area contributed by atoms with Gasteiger partial charge in [-0.25, -0.2) is 0 Å². The first-order chi connectivity index (χ1) is 8.70. The molecule has 0 aliphatic heterocycles. The second-order valence-electron chi connectivity index (χ2n) is 4.70. The monoisotopic (exact) mass is 238 g/mol. The van der Waals surface area contributed by atoms with Crippen molar-refractivity contribution in [2.75, 3.05) is 0 Å². The molecule has 0 aliphatic rings. The molecule has 0 unspecified atom stereocenters. The Morgan fingerprint density at radius 2 is 1.22 bits per heavy atom. The smallest absolute Gasteiger partial charge is 0.133 e. The van der Waals surface area contributed by atoms with Crippen LogP contribution < -0.4 is 0 Å². The number of hydrogen-bond acceptors (Lipinski definition) is 1. The van der Waals surface area contributed by atoms with Crippen LogP contribution in [0.2, 0.25) is 0 Å². The standard InChI is InChI=1S/C17H18O/c1-13(14(2)18)17(15-9-5-3-6-10-15)16-11-7-4-8-12-16/h3-13,17H,1-2H3/t13-/m1/s1. The maximum Gasteiger partial charge on any atom is 0.133 e. The van der Waals surface area contributed by atoms with Gasteiger partial charge in [-0.1, -0.05) is 67.6 Å². The highest BCUT2D eigenvalue weighted by molar-refractivity contribution is 5.79. The van der Waals surface area contributed by atoms with E-state index in [1.807, 2.05) is 43.3 Å². The highest BCUT2D eigenvalue weighted by Crippen LogP contribution is 2.32. The van der Waals surface area contributed by atoms with E-state index < -0.39 is 0 Å². The molecule has 2 aromatic rings. The lowest BCUT2D eigenvalue weighted by atomic mass is 9.80. The van der Waals surface area contributed by atoms with Crippen LogP contribution in [0, 0.1) is 5.92 Å². The highest BCUT2D eigenvalue weighted by atomic mass is 16.1. The van der Waals surface area contributed by atoms with Crippen molar-refractivity contribution >= 4 is 5.78 Å². The molecule has 2 rings (SSSR count). The van der Waals surface area contributed by atoms with Gasteiger partial charge in [0.25, 0.3) is 0 Å². The minimum atomic E-state index is -0.00481. The van der Waals surface area contributed by atoms with E-state index in [4.69, 9.17) is 0 Å². The zero-order valence-corrected chi connectivity index (χ0v) is 10.8. The first-order valence-corrected chi connectivity index (χ1v) is 6.30. The van der Waals surface area contributed by atoms with E-state index >= 15 is 0 Å². The molecule has 2 aromatic carbocycles. The number of carbonyl (C=O) groups is 1. The van der Waals surface area contributed by atoms with Crippen LogP contribution in [-0.4, -0.2) is 5.78 Å². The van der Waals surface area contributed by atoms with Crippen molar-refractivity contribution in [2.45, 2.75) is 19.8 Å². The fraction of sp³-hybridized carbons (Fsp3) is 0.235. The van der Waals surface area contributed by atoms with Crippen molar-refractivity contribution in [2.24, 2.45) is 5.92 Å². The van der Waals surface area contributed by atoms with Gasteiger partial charge in [0.05, 0.1) is 0 Å². The Balaban J connectivity index is 2.45. The van der Waals surface area contributed by atoms with Gasteiger partial charge in [0.2, 0.25) is 0 Å². The van der Waals surface area contributed by atoms with Crippen molar-refractivity contribution in [3.05, 3.63) is 71.8 Å². The Morgan fingerprint density at radius 1 is 0.833 bits per heavy atom. The summed E-state index contributed by atoms with van der Waals surface area (Å²) in [4.78, 5) is 11.7. The molecule has 0 saturated carbocycles. The van der Waals surface area contributed by atoms with Crippen LogP contribution in [0.4, 0.5) is 0 Å². The van der Waals surface area contributed by atoms with Crippen molar-refractivity contribution in [3.63, 3.8) is 0 Å². The quantitative estimate of drug-likeness (QED) is 0.785. The largest absolute Gasteiger partial charge is 0.300 e. The summed E-state index contributed by atoms with van der Waals surface area (Å²) in [7, 11) is 0. The van der Waals surface area contributed by atoms with Crippen LogP contribution in [-0.2, 0) is 4.79 Å². The molecule has 0 N–H and O–H groups in total. The second kappa shape index (κ2) is 5.63. The fourth-order valence-corrected chi connectivity index (χ4v) is 2.33. The van der Waals surface area contributed by atoms with Crippen molar-refractivity contribution in [1.82, 2.24) is 0 Å². The fourth-order valence-electron chi connectivity index (χ4n) is 2.33. The van der Waals surface area contributed by atoms with Crippen molar-refractivity contribution in [3.8, 4) is 0 Å². The molecular weight excluding hydrogens is 220 g/mol. The van der Waals surface area contributed by atoms with E-state index in [1.54, 1.807) is 6.92 Å². The van der Waals surface area contributed by atoms with Crippen LogP contribution >= 0.6 is 0 Å². The molecule has 0 radical (unpaired) electrons. The lowest BCUT2D eigenvalue weighted by Gasteiger charge is -2.23. The minimum Gasteiger partial charge on any atom is -0.300 e. The molecule has 0 aromatic heterocycles. The van der Waals surface area contributed by atoms with Crippen LogP contribution in [0.5, 0.6) is 0 Å². The summed E-state index contributed by atoms with van der Waals surface area (Å²) in [5.74, 6) is 0.368. The Hall–Kier alpha value is -1.89. The molecule has 92 valence electrons. The average Bonchev–Trinajstić information content (AvgIpc) is 2.41. The number of hydrogen-bond donors (Lipinski definition) is 0. The summed E-state index contributed by atoms with van der Waals surface area (Å²) in [5.41, 5.74) is 2.40. The van der Waals surface area contributed by atoms with Crippen LogP contribution in [0.25, 0.3) is 0 Å². The number of ketones is 1. The van der Waals surface area contributed by atoms with Gasteiger partial charge in [0, 0.05) is 11.8 Å². The van der Waals surface area contributed by atoms with E-state index in [-0.39, 0.29) is 17.6 Å². The van der Waals surface area contributed by atoms with Gasteiger partial charge in [-0.2, -0.15) is 0 Å². The van der Waals surface area contributed by atoms with E-state index in [0.717, 1.165) is 0 Å². The first kappa shape index (κ1) is 12.6. The van der Waals surface area contributed by atoms with Gasteiger partial charge in [-0.3, -0.25) is 4.79 Å². The maximum atomic E-state index is 11.7. The molecule has 0 heterocycles. The van der Waals surface area contributed by atoms with E-state index in [2.05, 4.69) is 24.3 Å².